The second kappa shape index (κ2) is 6.00. The largest absolute Gasteiger partial charge is 0.330 e. The molecule has 1 aromatic rings. The molecule has 1 aliphatic heterocycles. The molecule has 1 saturated heterocycles. The van der Waals surface area contributed by atoms with E-state index in [0.29, 0.717) is 17.5 Å². The second-order valence-corrected chi connectivity index (χ2v) is 5.31. The molecule has 2 atom stereocenters. The normalized spacial score (nSPS) is 25.3. The lowest BCUT2D eigenvalue weighted by Crippen LogP contribution is -2.41. The lowest BCUT2D eigenvalue weighted by Gasteiger charge is -2.41. The van der Waals surface area contributed by atoms with E-state index in [1.165, 1.54) is 6.07 Å². The molecule has 2 N–H and O–H groups in total. The number of halogens is 2. The molecule has 0 amide bonds. The Labute approximate surface area is 113 Å². The summed E-state index contributed by atoms with van der Waals surface area (Å²) in [6, 6.07) is 5.05. The van der Waals surface area contributed by atoms with E-state index in [9.17, 15) is 4.39 Å². The third kappa shape index (κ3) is 2.68. The zero-order chi connectivity index (χ0) is 13.1. The van der Waals surface area contributed by atoms with Gasteiger partial charge in [-0.15, -0.1) is 0 Å². The van der Waals surface area contributed by atoms with Crippen molar-refractivity contribution in [1.82, 2.24) is 4.90 Å². The van der Waals surface area contributed by atoms with Gasteiger partial charge in [-0.2, -0.15) is 0 Å². The van der Waals surface area contributed by atoms with Crippen molar-refractivity contribution in [2.24, 2.45) is 11.7 Å². The van der Waals surface area contributed by atoms with E-state index < -0.39 is 0 Å². The highest BCUT2D eigenvalue weighted by Gasteiger charge is 2.32. The lowest BCUT2D eigenvalue weighted by molar-refractivity contribution is 0.0992. The topological polar surface area (TPSA) is 29.3 Å². The molecule has 0 saturated carbocycles. The van der Waals surface area contributed by atoms with E-state index in [1.807, 2.05) is 0 Å². The minimum Gasteiger partial charge on any atom is -0.330 e. The summed E-state index contributed by atoms with van der Waals surface area (Å²) in [5.74, 6) is 0.112. The number of hydrogen-bond acceptors (Lipinski definition) is 2. The van der Waals surface area contributed by atoms with Crippen molar-refractivity contribution < 1.29 is 4.39 Å². The maximum atomic E-state index is 14.1. The average molecular weight is 271 g/mol. The molecule has 2 rings (SSSR count). The molecular weight excluding hydrogens is 251 g/mol. The number of nitrogens with zero attached hydrogens (tertiary/aromatic N) is 1. The third-order valence-electron chi connectivity index (χ3n) is 3.85. The van der Waals surface area contributed by atoms with Gasteiger partial charge in [0, 0.05) is 16.6 Å². The van der Waals surface area contributed by atoms with Gasteiger partial charge in [-0.1, -0.05) is 24.6 Å². The molecule has 0 bridgehead atoms. The predicted octanol–water partition coefficient (Wildman–Crippen LogP) is 3.21. The van der Waals surface area contributed by atoms with Gasteiger partial charge in [0.15, 0.2) is 0 Å². The van der Waals surface area contributed by atoms with Gasteiger partial charge >= 0.3 is 0 Å². The summed E-state index contributed by atoms with van der Waals surface area (Å²) in [5, 5.41) is 0.444. The van der Waals surface area contributed by atoms with Crippen molar-refractivity contribution in [3.8, 4) is 0 Å². The fourth-order valence-corrected chi connectivity index (χ4v) is 3.10. The zero-order valence-corrected chi connectivity index (χ0v) is 11.5. The summed E-state index contributed by atoms with van der Waals surface area (Å²) in [4.78, 5) is 2.31. The molecule has 18 heavy (non-hydrogen) atoms. The summed E-state index contributed by atoms with van der Waals surface area (Å²) >= 11 is 5.82. The number of rotatable bonds is 3. The molecule has 100 valence electrons. The second-order valence-electron chi connectivity index (χ2n) is 4.88. The fourth-order valence-electron chi connectivity index (χ4n) is 2.95. The standard InChI is InChI=1S/C14H20ClFN2/c1-2-18-7-3-4-10(9-17)14(18)12-6-5-11(15)8-13(12)16/h5-6,8,10,14H,2-4,7,9,17H2,1H3. The number of benzene rings is 1. The fraction of sp³-hybridized carbons (Fsp3) is 0.571. The Bertz CT molecular complexity index is 399. The molecule has 4 heteroatoms. The highest BCUT2D eigenvalue weighted by atomic mass is 35.5. The summed E-state index contributed by atoms with van der Waals surface area (Å²) in [6.07, 6.45) is 2.21. The van der Waals surface area contributed by atoms with Gasteiger partial charge in [0.2, 0.25) is 0 Å². The summed E-state index contributed by atoms with van der Waals surface area (Å²) < 4.78 is 14.1. The predicted molar refractivity (Wildman–Crippen MR) is 73.2 cm³/mol. The summed E-state index contributed by atoms with van der Waals surface area (Å²) in [5.41, 5.74) is 6.59. The van der Waals surface area contributed by atoms with Crippen molar-refractivity contribution in [2.75, 3.05) is 19.6 Å². The molecule has 1 heterocycles. The highest BCUT2D eigenvalue weighted by molar-refractivity contribution is 6.30. The van der Waals surface area contributed by atoms with Crippen LogP contribution in [0.15, 0.2) is 18.2 Å². The molecular formula is C14H20ClFN2. The summed E-state index contributed by atoms with van der Waals surface area (Å²) in [6.45, 7) is 4.64. The number of nitrogens with two attached hydrogens (primary N) is 1. The number of likely N-dealkylation sites (tertiary alicyclic amines) is 1. The molecule has 0 radical (unpaired) electrons. The van der Waals surface area contributed by atoms with Gasteiger partial charge in [-0.25, -0.2) is 4.39 Å². The van der Waals surface area contributed by atoms with E-state index in [-0.39, 0.29) is 11.9 Å². The number of hydrogen-bond donors (Lipinski definition) is 1. The first kappa shape index (κ1) is 13.8. The van der Waals surface area contributed by atoms with Crippen LogP contribution >= 0.6 is 11.6 Å². The summed E-state index contributed by atoms with van der Waals surface area (Å²) in [7, 11) is 0. The van der Waals surface area contributed by atoms with Gasteiger partial charge in [-0.3, -0.25) is 4.90 Å². The molecule has 0 spiro atoms. The van der Waals surface area contributed by atoms with E-state index in [4.69, 9.17) is 17.3 Å². The Kier molecular flexibility index (Phi) is 4.60. The Balaban J connectivity index is 2.36. The molecule has 1 fully saturated rings. The van der Waals surface area contributed by atoms with Crippen molar-refractivity contribution in [3.05, 3.63) is 34.6 Å². The minimum absolute atomic E-state index is 0.0889. The van der Waals surface area contributed by atoms with Crippen molar-refractivity contribution in [3.63, 3.8) is 0 Å². The van der Waals surface area contributed by atoms with Crippen LogP contribution in [0.2, 0.25) is 5.02 Å². The van der Waals surface area contributed by atoms with Crippen LogP contribution in [0.4, 0.5) is 4.39 Å². The van der Waals surface area contributed by atoms with E-state index >= 15 is 0 Å². The molecule has 1 aromatic carbocycles. The van der Waals surface area contributed by atoms with Gasteiger partial charge in [0.25, 0.3) is 0 Å². The van der Waals surface area contributed by atoms with Crippen LogP contribution in [0, 0.1) is 11.7 Å². The minimum atomic E-state index is -0.216. The molecule has 1 aliphatic rings. The SMILES string of the molecule is CCN1CCCC(CN)C1c1ccc(Cl)cc1F. The van der Waals surface area contributed by atoms with Gasteiger partial charge in [0.1, 0.15) is 5.82 Å². The number of piperidine rings is 1. The van der Waals surface area contributed by atoms with Crippen molar-refractivity contribution in [1.29, 1.82) is 0 Å². The third-order valence-corrected chi connectivity index (χ3v) is 4.09. The van der Waals surface area contributed by atoms with Crippen molar-refractivity contribution in [2.45, 2.75) is 25.8 Å². The van der Waals surface area contributed by atoms with Crippen LogP contribution in [0.1, 0.15) is 31.4 Å². The van der Waals surface area contributed by atoms with Gasteiger partial charge in [0.05, 0.1) is 0 Å². The van der Waals surface area contributed by atoms with Crippen LogP contribution in [-0.2, 0) is 0 Å². The highest BCUT2D eigenvalue weighted by Crippen LogP contribution is 2.36. The lowest BCUT2D eigenvalue weighted by atomic mass is 9.84. The van der Waals surface area contributed by atoms with Gasteiger partial charge < -0.3 is 5.73 Å². The van der Waals surface area contributed by atoms with Crippen LogP contribution in [-0.4, -0.2) is 24.5 Å². The Morgan fingerprint density at radius 2 is 2.28 bits per heavy atom. The van der Waals surface area contributed by atoms with Crippen LogP contribution in [0.3, 0.4) is 0 Å². The van der Waals surface area contributed by atoms with E-state index in [1.54, 1.807) is 12.1 Å². The van der Waals surface area contributed by atoms with E-state index in [0.717, 1.165) is 31.5 Å². The van der Waals surface area contributed by atoms with Gasteiger partial charge in [-0.05, 0) is 50.5 Å². The smallest absolute Gasteiger partial charge is 0.129 e. The quantitative estimate of drug-likeness (QED) is 0.914. The first-order valence-electron chi connectivity index (χ1n) is 6.56. The Hall–Kier alpha value is -0.640. The average Bonchev–Trinajstić information content (AvgIpc) is 2.38. The van der Waals surface area contributed by atoms with Crippen molar-refractivity contribution >= 4 is 11.6 Å². The molecule has 2 unspecified atom stereocenters. The maximum absolute atomic E-state index is 14.1. The van der Waals surface area contributed by atoms with E-state index in [2.05, 4.69) is 11.8 Å². The first-order chi connectivity index (χ1) is 8.67. The molecule has 2 nitrogen and oxygen atoms in total. The first-order valence-corrected chi connectivity index (χ1v) is 6.94. The monoisotopic (exact) mass is 270 g/mol. The van der Waals surface area contributed by atoms with Crippen LogP contribution in [0.25, 0.3) is 0 Å². The Morgan fingerprint density at radius 3 is 2.89 bits per heavy atom. The van der Waals surface area contributed by atoms with Crippen LogP contribution < -0.4 is 5.73 Å². The zero-order valence-electron chi connectivity index (χ0n) is 10.7. The molecule has 0 aliphatic carbocycles. The Morgan fingerprint density at radius 1 is 1.50 bits per heavy atom. The van der Waals surface area contributed by atoms with Crippen LogP contribution in [0.5, 0.6) is 0 Å². The molecule has 0 aromatic heterocycles. The maximum Gasteiger partial charge on any atom is 0.129 e.